The Morgan fingerprint density at radius 3 is 2.34 bits per heavy atom. The summed E-state index contributed by atoms with van der Waals surface area (Å²) in [6.45, 7) is 2.13. The molecular formula is C24H23NO4. The fourth-order valence-electron chi connectivity index (χ4n) is 3.57. The zero-order valence-corrected chi connectivity index (χ0v) is 17.0. The molecule has 0 unspecified atom stereocenters. The number of ether oxygens (including phenoxy) is 3. The number of benzene rings is 3. The van der Waals surface area contributed by atoms with Crippen LogP contribution in [0.2, 0.25) is 0 Å². The predicted molar refractivity (Wildman–Crippen MR) is 114 cm³/mol. The van der Waals surface area contributed by atoms with Crippen molar-refractivity contribution in [1.29, 1.82) is 0 Å². The summed E-state index contributed by atoms with van der Waals surface area (Å²) in [5.74, 6) is 2.42. The fourth-order valence-corrected chi connectivity index (χ4v) is 3.57. The van der Waals surface area contributed by atoms with Gasteiger partial charge in [0.1, 0.15) is 5.52 Å². The number of aromatic nitrogens is 1. The topological polar surface area (TPSA) is 53.7 Å². The maximum atomic E-state index is 6.13. The number of methoxy groups -OCH3 is 3. The van der Waals surface area contributed by atoms with Crippen LogP contribution in [0, 0.1) is 0 Å². The number of aryl methyl sites for hydroxylation is 1. The van der Waals surface area contributed by atoms with Gasteiger partial charge in [-0.05, 0) is 47.9 Å². The SMILES string of the molecule is CCc1ccccc1-c1nc2ccc(-c3ccc(OC)c(OC)c3OC)cc2o1. The first-order chi connectivity index (χ1) is 14.2. The van der Waals surface area contributed by atoms with Crippen LogP contribution in [0.15, 0.2) is 59.0 Å². The Bertz CT molecular complexity index is 1160. The quantitative estimate of drug-likeness (QED) is 0.420. The third kappa shape index (κ3) is 3.29. The molecule has 5 nitrogen and oxygen atoms in total. The normalized spacial score (nSPS) is 10.9. The number of rotatable bonds is 6. The lowest BCUT2D eigenvalue weighted by Crippen LogP contribution is -1.96. The van der Waals surface area contributed by atoms with Crippen LogP contribution in [-0.2, 0) is 6.42 Å². The molecule has 0 saturated carbocycles. The number of nitrogens with zero attached hydrogens (tertiary/aromatic N) is 1. The molecule has 0 saturated heterocycles. The van der Waals surface area contributed by atoms with Crippen molar-refractivity contribution in [2.75, 3.05) is 21.3 Å². The molecule has 0 radical (unpaired) electrons. The molecule has 0 N–H and O–H groups in total. The Morgan fingerprint density at radius 1 is 0.828 bits per heavy atom. The smallest absolute Gasteiger partial charge is 0.227 e. The van der Waals surface area contributed by atoms with E-state index in [9.17, 15) is 0 Å². The Morgan fingerprint density at radius 2 is 1.62 bits per heavy atom. The van der Waals surface area contributed by atoms with Crippen molar-refractivity contribution in [2.45, 2.75) is 13.3 Å². The van der Waals surface area contributed by atoms with E-state index < -0.39 is 0 Å². The summed E-state index contributed by atoms with van der Waals surface area (Å²) < 4.78 is 22.6. The molecule has 0 bridgehead atoms. The lowest BCUT2D eigenvalue weighted by Gasteiger charge is -2.15. The Kier molecular flexibility index (Phi) is 5.12. The predicted octanol–water partition coefficient (Wildman–Crippen LogP) is 5.75. The molecule has 148 valence electrons. The molecule has 3 aromatic carbocycles. The maximum Gasteiger partial charge on any atom is 0.227 e. The van der Waals surface area contributed by atoms with Gasteiger partial charge in [0.15, 0.2) is 17.1 Å². The van der Waals surface area contributed by atoms with Crippen LogP contribution in [0.3, 0.4) is 0 Å². The largest absolute Gasteiger partial charge is 0.493 e. The van der Waals surface area contributed by atoms with Crippen molar-refractivity contribution < 1.29 is 18.6 Å². The highest BCUT2D eigenvalue weighted by molar-refractivity contribution is 5.85. The van der Waals surface area contributed by atoms with Gasteiger partial charge in [0, 0.05) is 11.1 Å². The number of oxazole rings is 1. The zero-order chi connectivity index (χ0) is 20.4. The molecule has 0 atom stereocenters. The minimum atomic E-state index is 0.558. The molecule has 0 aliphatic rings. The van der Waals surface area contributed by atoms with Crippen LogP contribution in [0.25, 0.3) is 33.7 Å². The van der Waals surface area contributed by atoms with Crippen LogP contribution in [-0.4, -0.2) is 26.3 Å². The molecule has 4 rings (SSSR count). The molecule has 4 aromatic rings. The number of hydrogen-bond acceptors (Lipinski definition) is 5. The van der Waals surface area contributed by atoms with Crippen LogP contribution in [0.1, 0.15) is 12.5 Å². The van der Waals surface area contributed by atoms with E-state index in [-0.39, 0.29) is 0 Å². The minimum absolute atomic E-state index is 0.558. The third-order valence-electron chi connectivity index (χ3n) is 5.03. The minimum Gasteiger partial charge on any atom is -0.493 e. The third-order valence-corrected chi connectivity index (χ3v) is 5.03. The molecule has 1 aromatic heterocycles. The second kappa shape index (κ2) is 7.87. The molecule has 0 aliphatic heterocycles. The molecule has 0 aliphatic carbocycles. The van der Waals surface area contributed by atoms with Crippen molar-refractivity contribution >= 4 is 11.1 Å². The lowest BCUT2D eigenvalue weighted by atomic mass is 10.0. The van der Waals surface area contributed by atoms with E-state index >= 15 is 0 Å². The monoisotopic (exact) mass is 389 g/mol. The molecule has 0 amide bonds. The van der Waals surface area contributed by atoms with Crippen molar-refractivity contribution in [3.05, 3.63) is 60.2 Å². The summed E-state index contributed by atoms with van der Waals surface area (Å²) in [6.07, 6.45) is 0.920. The second-order valence-electron chi connectivity index (χ2n) is 6.59. The fraction of sp³-hybridized carbons (Fsp3) is 0.208. The highest BCUT2D eigenvalue weighted by Gasteiger charge is 2.18. The number of hydrogen-bond donors (Lipinski definition) is 0. The summed E-state index contributed by atoms with van der Waals surface area (Å²) in [5, 5.41) is 0. The van der Waals surface area contributed by atoms with Gasteiger partial charge in [-0.3, -0.25) is 0 Å². The zero-order valence-electron chi connectivity index (χ0n) is 17.0. The Hall–Kier alpha value is -3.47. The van der Waals surface area contributed by atoms with Crippen molar-refractivity contribution in [3.63, 3.8) is 0 Å². The first-order valence-electron chi connectivity index (χ1n) is 9.48. The lowest BCUT2D eigenvalue weighted by molar-refractivity contribution is 0.325. The molecule has 29 heavy (non-hydrogen) atoms. The molecule has 0 fully saturated rings. The van der Waals surface area contributed by atoms with E-state index in [4.69, 9.17) is 18.6 Å². The van der Waals surface area contributed by atoms with Gasteiger partial charge in [-0.2, -0.15) is 0 Å². The van der Waals surface area contributed by atoms with Gasteiger partial charge >= 0.3 is 0 Å². The van der Waals surface area contributed by atoms with Gasteiger partial charge in [0.05, 0.1) is 21.3 Å². The van der Waals surface area contributed by atoms with Gasteiger partial charge < -0.3 is 18.6 Å². The number of fused-ring (bicyclic) bond motifs is 1. The average molecular weight is 389 g/mol. The van der Waals surface area contributed by atoms with Crippen molar-refractivity contribution in [1.82, 2.24) is 4.98 Å². The van der Waals surface area contributed by atoms with E-state index in [1.54, 1.807) is 21.3 Å². The van der Waals surface area contributed by atoms with Crippen molar-refractivity contribution in [2.24, 2.45) is 0 Å². The van der Waals surface area contributed by atoms with Gasteiger partial charge in [0.2, 0.25) is 11.6 Å². The van der Waals surface area contributed by atoms with Crippen LogP contribution < -0.4 is 14.2 Å². The van der Waals surface area contributed by atoms with Gasteiger partial charge in [-0.15, -0.1) is 0 Å². The highest BCUT2D eigenvalue weighted by Crippen LogP contribution is 2.44. The maximum absolute atomic E-state index is 6.13. The Labute approximate surface area is 169 Å². The van der Waals surface area contributed by atoms with E-state index in [0.717, 1.165) is 34.2 Å². The first-order valence-corrected chi connectivity index (χ1v) is 9.48. The van der Waals surface area contributed by atoms with Gasteiger partial charge in [0.25, 0.3) is 0 Å². The van der Waals surface area contributed by atoms with Gasteiger partial charge in [-0.25, -0.2) is 4.98 Å². The van der Waals surface area contributed by atoms with Crippen LogP contribution >= 0.6 is 0 Å². The second-order valence-corrected chi connectivity index (χ2v) is 6.59. The molecule has 0 spiro atoms. The summed E-state index contributed by atoms with van der Waals surface area (Å²) in [5.41, 5.74) is 5.60. The highest BCUT2D eigenvalue weighted by atomic mass is 16.5. The van der Waals surface area contributed by atoms with Crippen LogP contribution in [0.4, 0.5) is 0 Å². The average Bonchev–Trinajstić information content (AvgIpc) is 3.20. The van der Waals surface area contributed by atoms with Crippen molar-refractivity contribution in [3.8, 4) is 39.8 Å². The summed E-state index contributed by atoms with van der Waals surface area (Å²) in [4.78, 5) is 4.69. The summed E-state index contributed by atoms with van der Waals surface area (Å²) in [6, 6.07) is 17.9. The standard InChI is InChI=1S/C24H23NO4/c1-5-15-8-6-7-9-18(15)24-25-19-12-10-16(14-21(19)29-24)17-11-13-20(26-2)23(28-4)22(17)27-3/h6-14H,5H2,1-4H3. The molecular weight excluding hydrogens is 366 g/mol. The molecule has 1 heterocycles. The van der Waals surface area contributed by atoms with E-state index in [1.807, 2.05) is 48.5 Å². The summed E-state index contributed by atoms with van der Waals surface area (Å²) >= 11 is 0. The molecule has 5 heteroatoms. The van der Waals surface area contributed by atoms with Crippen LogP contribution in [0.5, 0.6) is 17.2 Å². The van der Waals surface area contributed by atoms with Gasteiger partial charge in [-0.1, -0.05) is 31.2 Å². The van der Waals surface area contributed by atoms with E-state index in [0.29, 0.717) is 23.1 Å². The Balaban J connectivity index is 1.83. The first kappa shape index (κ1) is 18.9. The van der Waals surface area contributed by atoms with E-state index in [1.165, 1.54) is 5.56 Å². The van der Waals surface area contributed by atoms with E-state index in [2.05, 4.69) is 18.0 Å². The summed E-state index contributed by atoms with van der Waals surface area (Å²) in [7, 11) is 4.82.